The molecule has 7 heteroatoms. The summed E-state index contributed by atoms with van der Waals surface area (Å²) >= 11 is 0. The molecule has 0 radical (unpaired) electrons. The van der Waals surface area contributed by atoms with E-state index in [9.17, 15) is 0 Å². The van der Waals surface area contributed by atoms with Gasteiger partial charge >= 0.3 is 0 Å². The number of hydrogen-bond donors (Lipinski definition) is 1. The molecule has 0 spiro atoms. The van der Waals surface area contributed by atoms with E-state index >= 15 is 0 Å². The highest BCUT2D eigenvalue weighted by Crippen LogP contribution is 2.29. The lowest BCUT2D eigenvalue weighted by molar-refractivity contribution is 0.0322. The first-order valence-electron chi connectivity index (χ1n) is 11.5. The van der Waals surface area contributed by atoms with Crippen LogP contribution < -0.4 is 14.8 Å². The van der Waals surface area contributed by atoms with Crippen LogP contribution in [0.2, 0.25) is 0 Å². The first-order chi connectivity index (χ1) is 16.8. The number of benzene rings is 3. The van der Waals surface area contributed by atoms with Gasteiger partial charge in [0.2, 0.25) is 5.95 Å². The Bertz CT molecular complexity index is 1220. The van der Waals surface area contributed by atoms with Crippen molar-refractivity contribution in [3.63, 3.8) is 0 Å². The molecule has 7 nitrogen and oxygen atoms in total. The Hall–Kier alpha value is -3.68. The molecule has 174 valence electrons. The second kappa shape index (κ2) is 10.5. The summed E-state index contributed by atoms with van der Waals surface area (Å²) in [6.07, 6.45) is 1.85. The molecule has 0 atom stereocenters. The zero-order valence-electron chi connectivity index (χ0n) is 19.2. The Kier molecular flexibility index (Phi) is 6.84. The van der Waals surface area contributed by atoms with Crippen LogP contribution in [0, 0.1) is 0 Å². The molecule has 2 heterocycles. The molecule has 1 fully saturated rings. The number of nitrogens with zero attached hydrogens (tertiary/aromatic N) is 3. The Morgan fingerprint density at radius 2 is 1.71 bits per heavy atom. The molecule has 0 saturated carbocycles. The lowest BCUT2D eigenvalue weighted by atomic mass is 10.0. The first kappa shape index (κ1) is 22.1. The number of fused-ring (bicyclic) bond motifs is 1. The molecule has 4 aromatic rings. The number of methoxy groups -OCH3 is 1. The third kappa shape index (κ3) is 5.27. The van der Waals surface area contributed by atoms with Gasteiger partial charge in [-0.05, 0) is 42.0 Å². The van der Waals surface area contributed by atoms with Crippen LogP contribution in [-0.4, -0.2) is 61.4 Å². The van der Waals surface area contributed by atoms with Crippen molar-refractivity contribution in [1.29, 1.82) is 0 Å². The zero-order chi connectivity index (χ0) is 23.2. The average molecular weight is 457 g/mol. The Morgan fingerprint density at radius 1 is 0.941 bits per heavy atom. The number of aromatic nitrogens is 2. The molecule has 1 aliphatic heterocycles. The van der Waals surface area contributed by atoms with Crippen molar-refractivity contribution in [3.8, 4) is 22.6 Å². The number of rotatable bonds is 8. The quantitative estimate of drug-likeness (QED) is 0.410. The van der Waals surface area contributed by atoms with Crippen molar-refractivity contribution in [2.45, 2.75) is 0 Å². The number of morpholine rings is 1. The van der Waals surface area contributed by atoms with E-state index < -0.39 is 0 Å². The monoisotopic (exact) mass is 456 g/mol. The minimum Gasteiger partial charge on any atom is -0.497 e. The topological polar surface area (TPSA) is 68.7 Å². The summed E-state index contributed by atoms with van der Waals surface area (Å²) < 4.78 is 16.6. The fourth-order valence-electron chi connectivity index (χ4n) is 4.00. The van der Waals surface area contributed by atoms with Gasteiger partial charge < -0.3 is 19.5 Å². The lowest BCUT2D eigenvalue weighted by Gasteiger charge is -2.26. The van der Waals surface area contributed by atoms with Crippen LogP contribution in [0.4, 0.5) is 11.6 Å². The highest BCUT2D eigenvalue weighted by Gasteiger charge is 2.10. The maximum Gasteiger partial charge on any atom is 0.227 e. The molecule has 1 aliphatic rings. The Balaban J connectivity index is 1.27. The van der Waals surface area contributed by atoms with E-state index in [4.69, 9.17) is 19.2 Å². The van der Waals surface area contributed by atoms with Crippen molar-refractivity contribution in [1.82, 2.24) is 14.9 Å². The highest BCUT2D eigenvalue weighted by atomic mass is 16.5. The minimum absolute atomic E-state index is 0.550. The molecule has 1 N–H and O–H groups in total. The minimum atomic E-state index is 0.550. The van der Waals surface area contributed by atoms with Gasteiger partial charge in [0.15, 0.2) is 0 Å². The van der Waals surface area contributed by atoms with E-state index in [0.717, 1.165) is 72.1 Å². The fraction of sp³-hybridized carbons (Fsp3) is 0.259. The summed E-state index contributed by atoms with van der Waals surface area (Å²) in [7, 11) is 1.67. The molecule has 0 amide bonds. The van der Waals surface area contributed by atoms with Gasteiger partial charge in [-0.1, -0.05) is 30.3 Å². The van der Waals surface area contributed by atoms with Crippen LogP contribution in [0.5, 0.6) is 11.5 Å². The van der Waals surface area contributed by atoms with Crippen molar-refractivity contribution in [2.75, 3.05) is 51.9 Å². The molecule has 34 heavy (non-hydrogen) atoms. The summed E-state index contributed by atoms with van der Waals surface area (Å²) in [5.41, 5.74) is 3.93. The summed E-state index contributed by atoms with van der Waals surface area (Å²) in [5.74, 6) is 2.23. The van der Waals surface area contributed by atoms with Gasteiger partial charge in [0.05, 0.1) is 25.8 Å². The predicted octanol–water partition coefficient (Wildman–Crippen LogP) is 4.76. The largest absolute Gasteiger partial charge is 0.497 e. The van der Waals surface area contributed by atoms with Crippen molar-refractivity contribution < 1.29 is 14.2 Å². The van der Waals surface area contributed by atoms with Gasteiger partial charge in [-0.15, -0.1) is 0 Å². The SMILES string of the molecule is COc1ccc(-c2cccc3cnc(Nc4ccc(OCCN5CCOCC5)cc4)nc23)cc1. The van der Waals surface area contributed by atoms with Gasteiger partial charge in [0.1, 0.15) is 18.1 Å². The fourth-order valence-corrected chi connectivity index (χ4v) is 4.00. The van der Waals surface area contributed by atoms with Crippen molar-refractivity contribution in [2.24, 2.45) is 0 Å². The standard InChI is InChI=1S/C27H28N4O3/c1-32-23-9-5-20(6-10-23)25-4-2-3-21-19-28-27(30-26(21)25)29-22-7-11-24(12-8-22)34-18-15-31-13-16-33-17-14-31/h2-12,19H,13-18H2,1H3,(H,28,29,30). The van der Waals surface area contributed by atoms with Crippen LogP contribution in [0.3, 0.4) is 0 Å². The summed E-state index contributed by atoms with van der Waals surface area (Å²) in [5, 5.41) is 4.30. The van der Waals surface area contributed by atoms with Crippen LogP contribution in [0.15, 0.2) is 72.9 Å². The average Bonchev–Trinajstić information content (AvgIpc) is 2.90. The molecule has 1 saturated heterocycles. The summed E-state index contributed by atoms with van der Waals surface area (Å²) in [6, 6.07) is 22.0. The zero-order valence-corrected chi connectivity index (χ0v) is 19.2. The molecule has 0 bridgehead atoms. The second-order valence-electron chi connectivity index (χ2n) is 8.12. The van der Waals surface area contributed by atoms with Gasteiger partial charge in [-0.3, -0.25) is 4.90 Å². The first-order valence-corrected chi connectivity index (χ1v) is 11.5. The van der Waals surface area contributed by atoms with E-state index in [2.05, 4.69) is 21.3 Å². The maximum atomic E-state index is 5.90. The van der Waals surface area contributed by atoms with E-state index in [1.54, 1.807) is 7.11 Å². The van der Waals surface area contributed by atoms with E-state index in [1.165, 1.54) is 0 Å². The van der Waals surface area contributed by atoms with Gasteiger partial charge in [0, 0.05) is 42.5 Å². The van der Waals surface area contributed by atoms with Crippen LogP contribution in [0.25, 0.3) is 22.0 Å². The van der Waals surface area contributed by atoms with Gasteiger partial charge in [-0.25, -0.2) is 9.97 Å². The van der Waals surface area contributed by atoms with Crippen LogP contribution in [0.1, 0.15) is 0 Å². The number of hydrogen-bond acceptors (Lipinski definition) is 7. The maximum absolute atomic E-state index is 5.90. The van der Waals surface area contributed by atoms with E-state index in [-0.39, 0.29) is 0 Å². The number of anilines is 2. The predicted molar refractivity (Wildman–Crippen MR) is 134 cm³/mol. The third-order valence-corrected chi connectivity index (χ3v) is 5.90. The van der Waals surface area contributed by atoms with Crippen LogP contribution in [-0.2, 0) is 4.74 Å². The summed E-state index contributed by atoms with van der Waals surface area (Å²) in [6.45, 7) is 5.12. The number of nitrogens with one attached hydrogen (secondary N) is 1. The molecular formula is C27H28N4O3. The van der Waals surface area contributed by atoms with E-state index in [0.29, 0.717) is 12.6 Å². The molecule has 0 unspecified atom stereocenters. The normalized spacial score (nSPS) is 14.1. The molecule has 1 aromatic heterocycles. The Morgan fingerprint density at radius 3 is 2.47 bits per heavy atom. The Labute approximate surface area is 199 Å². The summed E-state index contributed by atoms with van der Waals surface area (Å²) in [4.78, 5) is 11.7. The second-order valence-corrected chi connectivity index (χ2v) is 8.12. The number of para-hydroxylation sites is 1. The van der Waals surface area contributed by atoms with Crippen molar-refractivity contribution in [3.05, 3.63) is 72.9 Å². The smallest absolute Gasteiger partial charge is 0.227 e. The molecule has 3 aromatic carbocycles. The molecular weight excluding hydrogens is 428 g/mol. The van der Waals surface area contributed by atoms with Gasteiger partial charge in [0.25, 0.3) is 0 Å². The van der Waals surface area contributed by atoms with Gasteiger partial charge in [-0.2, -0.15) is 0 Å². The van der Waals surface area contributed by atoms with Crippen molar-refractivity contribution >= 4 is 22.5 Å². The van der Waals surface area contributed by atoms with E-state index in [1.807, 2.05) is 66.9 Å². The lowest BCUT2D eigenvalue weighted by Crippen LogP contribution is -2.38. The third-order valence-electron chi connectivity index (χ3n) is 5.90. The molecule has 0 aliphatic carbocycles. The molecule has 5 rings (SSSR count). The number of ether oxygens (including phenoxy) is 3. The highest BCUT2D eigenvalue weighted by molar-refractivity contribution is 5.93. The van der Waals surface area contributed by atoms with Crippen LogP contribution >= 0.6 is 0 Å².